The second kappa shape index (κ2) is 4.38. The summed E-state index contributed by atoms with van der Waals surface area (Å²) >= 11 is 0. The molecule has 1 aromatic rings. The Morgan fingerprint density at radius 3 is 2.82 bits per heavy atom. The lowest BCUT2D eigenvalue weighted by Crippen LogP contribution is -2.42. The summed E-state index contributed by atoms with van der Waals surface area (Å²) in [6, 6.07) is 0. The van der Waals surface area contributed by atoms with Crippen LogP contribution in [0.4, 0.5) is 24.7 Å². The van der Waals surface area contributed by atoms with Gasteiger partial charge < -0.3 is 10.6 Å². The van der Waals surface area contributed by atoms with Gasteiger partial charge in [-0.05, 0) is 12.8 Å². The maximum atomic E-state index is 12.6. The number of nitrogen functional groups attached to an aromatic ring is 1. The second-order valence-electron chi connectivity index (χ2n) is 4.13. The predicted octanol–water partition coefficient (Wildman–Crippen LogP) is 1.84. The molecular weight excluding hydrogens is 233 g/mol. The lowest BCUT2D eigenvalue weighted by molar-refractivity contribution is -0.176. The number of nitrogens with zero attached hydrogens (tertiary/aromatic N) is 3. The molecule has 1 aliphatic heterocycles. The van der Waals surface area contributed by atoms with Crippen molar-refractivity contribution in [3.63, 3.8) is 0 Å². The van der Waals surface area contributed by atoms with Crippen molar-refractivity contribution in [3.05, 3.63) is 12.5 Å². The minimum absolute atomic E-state index is 0.0787. The summed E-state index contributed by atoms with van der Waals surface area (Å²) in [6.45, 7) is 0.471. The Labute approximate surface area is 96.7 Å². The van der Waals surface area contributed by atoms with Gasteiger partial charge in [-0.2, -0.15) is 13.2 Å². The number of nitrogens with two attached hydrogens (primary N) is 1. The summed E-state index contributed by atoms with van der Waals surface area (Å²) < 4.78 is 37.9. The Balaban J connectivity index is 2.15. The van der Waals surface area contributed by atoms with E-state index < -0.39 is 12.1 Å². The molecule has 0 aromatic carbocycles. The molecule has 7 heteroatoms. The Hall–Kier alpha value is -1.53. The van der Waals surface area contributed by atoms with Gasteiger partial charge in [0.1, 0.15) is 6.33 Å². The van der Waals surface area contributed by atoms with Crippen LogP contribution < -0.4 is 10.6 Å². The molecule has 0 amide bonds. The van der Waals surface area contributed by atoms with Gasteiger partial charge in [-0.15, -0.1) is 0 Å². The Morgan fingerprint density at radius 1 is 1.41 bits per heavy atom. The van der Waals surface area contributed by atoms with Crippen LogP contribution in [0.2, 0.25) is 0 Å². The highest BCUT2D eigenvalue weighted by molar-refractivity contribution is 5.61. The predicted molar refractivity (Wildman–Crippen MR) is 57.4 cm³/mol. The van der Waals surface area contributed by atoms with Crippen molar-refractivity contribution in [2.75, 3.05) is 23.7 Å². The Morgan fingerprint density at radius 2 is 2.18 bits per heavy atom. The van der Waals surface area contributed by atoms with Crippen molar-refractivity contribution < 1.29 is 13.2 Å². The first kappa shape index (κ1) is 11.9. The Bertz CT molecular complexity index is 393. The highest BCUT2D eigenvalue weighted by Gasteiger charge is 2.42. The minimum atomic E-state index is -4.15. The molecule has 1 saturated heterocycles. The van der Waals surface area contributed by atoms with Gasteiger partial charge in [-0.25, -0.2) is 9.97 Å². The molecule has 4 nitrogen and oxygen atoms in total. The number of anilines is 2. The van der Waals surface area contributed by atoms with Crippen LogP contribution in [-0.2, 0) is 0 Å². The van der Waals surface area contributed by atoms with Crippen LogP contribution in [-0.4, -0.2) is 29.2 Å². The summed E-state index contributed by atoms with van der Waals surface area (Å²) in [5.74, 6) is -0.903. The highest BCUT2D eigenvalue weighted by Crippen LogP contribution is 2.35. The van der Waals surface area contributed by atoms with Crippen LogP contribution in [0.15, 0.2) is 12.5 Å². The maximum Gasteiger partial charge on any atom is 0.393 e. The summed E-state index contributed by atoms with van der Waals surface area (Å²) in [4.78, 5) is 9.25. The zero-order valence-corrected chi connectivity index (χ0v) is 9.11. The zero-order valence-electron chi connectivity index (χ0n) is 9.11. The standard InChI is InChI=1S/C10H13F3N4/c11-10(12,13)7-2-1-3-17(5-7)9-8(14)4-15-6-16-9/h4,6-7H,1-3,5,14H2. The van der Waals surface area contributed by atoms with E-state index in [4.69, 9.17) is 5.73 Å². The van der Waals surface area contributed by atoms with Crippen molar-refractivity contribution >= 4 is 11.5 Å². The number of rotatable bonds is 1. The average Bonchev–Trinajstić information content (AvgIpc) is 2.29. The van der Waals surface area contributed by atoms with Crippen LogP contribution in [0.3, 0.4) is 0 Å². The number of alkyl halides is 3. The van der Waals surface area contributed by atoms with Gasteiger partial charge >= 0.3 is 6.18 Å². The van der Waals surface area contributed by atoms with E-state index in [1.54, 1.807) is 4.90 Å². The SMILES string of the molecule is Nc1cncnc1N1CCCC(C(F)(F)F)C1. The summed E-state index contributed by atoms with van der Waals surface area (Å²) in [6.07, 6.45) is -0.790. The van der Waals surface area contributed by atoms with Crippen molar-refractivity contribution in [2.45, 2.75) is 19.0 Å². The van der Waals surface area contributed by atoms with Crippen LogP contribution in [0.25, 0.3) is 0 Å². The van der Waals surface area contributed by atoms with E-state index in [9.17, 15) is 13.2 Å². The first-order chi connectivity index (χ1) is 7.98. The number of hydrogen-bond acceptors (Lipinski definition) is 4. The van der Waals surface area contributed by atoms with Gasteiger partial charge in [-0.1, -0.05) is 0 Å². The smallest absolute Gasteiger partial charge is 0.393 e. The molecule has 1 atom stereocenters. The molecule has 0 aliphatic carbocycles. The fourth-order valence-corrected chi connectivity index (χ4v) is 2.03. The number of piperidine rings is 1. The number of halogens is 3. The van der Waals surface area contributed by atoms with Gasteiger partial charge in [0.2, 0.25) is 0 Å². The molecule has 1 fully saturated rings. The van der Waals surface area contributed by atoms with E-state index in [2.05, 4.69) is 9.97 Å². The highest BCUT2D eigenvalue weighted by atomic mass is 19.4. The summed E-state index contributed by atoms with van der Waals surface area (Å²) in [5, 5.41) is 0. The lowest BCUT2D eigenvalue weighted by atomic mass is 9.97. The van der Waals surface area contributed by atoms with Crippen molar-refractivity contribution in [1.29, 1.82) is 0 Å². The van der Waals surface area contributed by atoms with Crippen LogP contribution >= 0.6 is 0 Å². The molecule has 17 heavy (non-hydrogen) atoms. The normalized spacial score (nSPS) is 21.6. The van der Waals surface area contributed by atoms with E-state index in [-0.39, 0.29) is 13.0 Å². The van der Waals surface area contributed by atoms with E-state index in [0.717, 1.165) is 0 Å². The van der Waals surface area contributed by atoms with Crippen molar-refractivity contribution in [1.82, 2.24) is 9.97 Å². The summed E-state index contributed by atoms with van der Waals surface area (Å²) in [7, 11) is 0. The molecule has 1 aliphatic rings. The molecule has 0 radical (unpaired) electrons. The summed E-state index contributed by atoms with van der Waals surface area (Å²) in [5.41, 5.74) is 5.97. The van der Waals surface area contributed by atoms with Gasteiger partial charge in [0.15, 0.2) is 5.82 Å². The van der Waals surface area contributed by atoms with Gasteiger partial charge in [-0.3, -0.25) is 0 Å². The van der Waals surface area contributed by atoms with E-state index >= 15 is 0 Å². The van der Waals surface area contributed by atoms with Gasteiger partial charge in [0, 0.05) is 13.1 Å². The first-order valence-electron chi connectivity index (χ1n) is 5.35. The molecular formula is C10H13F3N4. The third-order valence-electron chi connectivity index (χ3n) is 2.90. The third-order valence-corrected chi connectivity index (χ3v) is 2.90. The molecule has 2 N–H and O–H groups in total. The van der Waals surface area contributed by atoms with Gasteiger partial charge in [0.25, 0.3) is 0 Å². The van der Waals surface area contributed by atoms with E-state index in [1.165, 1.54) is 12.5 Å². The molecule has 2 heterocycles. The molecule has 1 aromatic heterocycles. The van der Waals surface area contributed by atoms with Crippen molar-refractivity contribution in [2.24, 2.45) is 5.92 Å². The first-order valence-corrected chi connectivity index (χ1v) is 5.35. The van der Waals surface area contributed by atoms with Crippen molar-refractivity contribution in [3.8, 4) is 0 Å². The molecule has 1 unspecified atom stereocenters. The van der Waals surface area contributed by atoms with Gasteiger partial charge in [0.05, 0.1) is 17.8 Å². The molecule has 2 rings (SSSR count). The van der Waals surface area contributed by atoms with E-state index in [0.29, 0.717) is 24.5 Å². The average molecular weight is 246 g/mol. The molecule has 0 bridgehead atoms. The molecule has 0 saturated carbocycles. The van der Waals surface area contributed by atoms with E-state index in [1.807, 2.05) is 0 Å². The fourth-order valence-electron chi connectivity index (χ4n) is 2.03. The fraction of sp³-hybridized carbons (Fsp3) is 0.600. The maximum absolute atomic E-state index is 12.6. The minimum Gasteiger partial charge on any atom is -0.394 e. The van der Waals surface area contributed by atoms with Crippen LogP contribution in [0, 0.1) is 5.92 Å². The zero-order chi connectivity index (χ0) is 12.5. The topological polar surface area (TPSA) is 55.0 Å². The molecule has 94 valence electrons. The second-order valence-corrected chi connectivity index (χ2v) is 4.13. The number of aromatic nitrogens is 2. The van der Waals surface area contributed by atoms with Crippen LogP contribution in [0.1, 0.15) is 12.8 Å². The lowest BCUT2D eigenvalue weighted by Gasteiger charge is -2.34. The largest absolute Gasteiger partial charge is 0.394 e. The number of hydrogen-bond donors (Lipinski definition) is 1. The quantitative estimate of drug-likeness (QED) is 0.821. The van der Waals surface area contributed by atoms with Crippen LogP contribution in [0.5, 0.6) is 0 Å². The third kappa shape index (κ3) is 2.59. The Kier molecular flexibility index (Phi) is 3.08. The monoisotopic (exact) mass is 246 g/mol. The molecule has 0 spiro atoms.